The van der Waals surface area contributed by atoms with Gasteiger partial charge in [0.15, 0.2) is 0 Å². The Kier molecular flexibility index (Phi) is 5.85. The van der Waals surface area contributed by atoms with Gasteiger partial charge in [0.2, 0.25) is 5.13 Å². The van der Waals surface area contributed by atoms with Gasteiger partial charge in [-0.15, -0.1) is 0 Å². The molecule has 1 aromatic heterocycles. The lowest BCUT2D eigenvalue weighted by Crippen LogP contribution is -2.29. The zero-order valence-electron chi connectivity index (χ0n) is 11.3. The van der Waals surface area contributed by atoms with E-state index in [1.807, 2.05) is 0 Å². The first-order chi connectivity index (χ1) is 8.04. The van der Waals surface area contributed by atoms with Crippen LogP contribution in [0.25, 0.3) is 0 Å². The van der Waals surface area contributed by atoms with Crippen LogP contribution in [-0.2, 0) is 0 Å². The second-order valence-electron chi connectivity index (χ2n) is 5.07. The van der Waals surface area contributed by atoms with Crippen molar-refractivity contribution >= 4 is 16.7 Å². The number of hydrogen-bond acceptors (Lipinski definition) is 5. The van der Waals surface area contributed by atoms with Crippen molar-refractivity contribution in [1.29, 1.82) is 0 Å². The first-order valence-electron chi connectivity index (χ1n) is 6.33. The molecule has 0 unspecified atom stereocenters. The SMILES string of the molecule is CC(C)CN(CCCN)c1nc(C(C)C)ns1. The molecule has 17 heavy (non-hydrogen) atoms. The minimum Gasteiger partial charge on any atom is -0.347 e. The summed E-state index contributed by atoms with van der Waals surface area (Å²) < 4.78 is 4.41. The molecule has 2 N–H and O–H groups in total. The van der Waals surface area contributed by atoms with Crippen LogP contribution in [0, 0.1) is 5.92 Å². The zero-order chi connectivity index (χ0) is 12.8. The van der Waals surface area contributed by atoms with Crippen LogP contribution in [-0.4, -0.2) is 29.0 Å². The Morgan fingerprint density at radius 2 is 2.00 bits per heavy atom. The van der Waals surface area contributed by atoms with Crippen molar-refractivity contribution < 1.29 is 0 Å². The van der Waals surface area contributed by atoms with E-state index in [0.717, 1.165) is 37.0 Å². The van der Waals surface area contributed by atoms with Gasteiger partial charge in [0, 0.05) is 30.5 Å². The van der Waals surface area contributed by atoms with E-state index in [-0.39, 0.29) is 0 Å². The number of anilines is 1. The molecule has 0 saturated carbocycles. The quantitative estimate of drug-likeness (QED) is 0.814. The van der Waals surface area contributed by atoms with E-state index >= 15 is 0 Å². The summed E-state index contributed by atoms with van der Waals surface area (Å²) in [5.41, 5.74) is 5.58. The van der Waals surface area contributed by atoms with E-state index in [4.69, 9.17) is 5.73 Å². The Bertz CT molecular complexity index is 322. The van der Waals surface area contributed by atoms with Gasteiger partial charge in [-0.1, -0.05) is 27.7 Å². The summed E-state index contributed by atoms with van der Waals surface area (Å²) in [5.74, 6) is 1.97. The molecule has 1 aromatic rings. The molecule has 0 aliphatic heterocycles. The molecule has 0 spiro atoms. The molecule has 0 aromatic carbocycles. The molecular formula is C12H24N4S. The molecular weight excluding hydrogens is 232 g/mol. The van der Waals surface area contributed by atoms with E-state index in [0.29, 0.717) is 11.8 Å². The minimum absolute atomic E-state index is 0.399. The fraction of sp³-hybridized carbons (Fsp3) is 0.833. The lowest BCUT2D eigenvalue weighted by atomic mass is 10.2. The highest BCUT2D eigenvalue weighted by Gasteiger charge is 2.14. The maximum atomic E-state index is 5.58. The zero-order valence-corrected chi connectivity index (χ0v) is 12.1. The molecule has 98 valence electrons. The predicted octanol–water partition coefficient (Wildman–Crippen LogP) is 2.47. The third-order valence-electron chi connectivity index (χ3n) is 2.44. The third-order valence-corrected chi connectivity index (χ3v) is 3.23. The van der Waals surface area contributed by atoms with Crippen molar-refractivity contribution in [2.75, 3.05) is 24.5 Å². The summed E-state index contributed by atoms with van der Waals surface area (Å²) in [5, 5.41) is 1.04. The van der Waals surface area contributed by atoms with Crippen molar-refractivity contribution in [2.24, 2.45) is 11.7 Å². The highest BCUT2D eigenvalue weighted by molar-refractivity contribution is 7.09. The highest BCUT2D eigenvalue weighted by atomic mass is 32.1. The van der Waals surface area contributed by atoms with Crippen molar-refractivity contribution in [1.82, 2.24) is 9.36 Å². The Labute approximate surface area is 108 Å². The van der Waals surface area contributed by atoms with Crippen LogP contribution in [0.5, 0.6) is 0 Å². The average molecular weight is 256 g/mol. The Morgan fingerprint density at radius 3 is 2.47 bits per heavy atom. The average Bonchev–Trinajstić information content (AvgIpc) is 2.72. The molecule has 0 atom stereocenters. The van der Waals surface area contributed by atoms with Gasteiger partial charge in [-0.2, -0.15) is 4.37 Å². The lowest BCUT2D eigenvalue weighted by Gasteiger charge is -2.23. The number of nitrogens with zero attached hydrogens (tertiary/aromatic N) is 3. The minimum atomic E-state index is 0.399. The van der Waals surface area contributed by atoms with Crippen LogP contribution in [0.4, 0.5) is 5.13 Å². The van der Waals surface area contributed by atoms with Gasteiger partial charge in [0.25, 0.3) is 0 Å². The van der Waals surface area contributed by atoms with Gasteiger partial charge in [-0.3, -0.25) is 0 Å². The van der Waals surface area contributed by atoms with Gasteiger partial charge < -0.3 is 10.6 Å². The summed E-state index contributed by atoms with van der Waals surface area (Å²) in [6.45, 7) is 11.4. The topological polar surface area (TPSA) is 55.0 Å². The van der Waals surface area contributed by atoms with Gasteiger partial charge in [-0.05, 0) is 18.9 Å². The van der Waals surface area contributed by atoms with E-state index in [1.165, 1.54) is 11.5 Å². The maximum Gasteiger partial charge on any atom is 0.205 e. The second-order valence-corrected chi connectivity index (χ2v) is 5.80. The standard InChI is InChI=1S/C12H24N4S/c1-9(2)8-16(7-5-6-13)12-14-11(10(3)4)15-17-12/h9-10H,5-8,13H2,1-4H3. The molecule has 0 amide bonds. The van der Waals surface area contributed by atoms with E-state index in [9.17, 15) is 0 Å². The van der Waals surface area contributed by atoms with Crippen molar-refractivity contribution in [3.63, 3.8) is 0 Å². The fourth-order valence-corrected chi connectivity index (χ4v) is 2.42. The van der Waals surface area contributed by atoms with Crippen LogP contribution in [0.15, 0.2) is 0 Å². The van der Waals surface area contributed by atoms with Crippen LogP contribution in [0.1, 0.15) is 45.9 Å². The molecule has 1 rings (SSSR count). The van der Waals surface area contributed by atoms with Crippen LogP contribution in [0.2, 0.25) is 0 Å². The smallest absolute Gasteiger partial charge is 0.205 e. The Balaban J connectivity index is 2.72. The van der Waals surface area contributed by atoms with Gasteiger partial charge >= 0.3 is 0 Å². The lowest BCUT2D eigenvalue weighted by molar-refractivity contribution is 0.599. The summed E-state index contributed by atoms with van der Waals surface area (Å²) in [4.78, 5) is 6.92. The fourth-order valence-electron chi connectivity index (χ4n) is 1.58. The second kappa shape index (κ2) is 6.91. The first kappa shape index (κ1) is 14.4. The molecule has 0 aliphatic rings. The Morgan fingerprint density at radius 1 is 1.29 bits per heavy atom. The van der Waals surface area contributed by atoms with E-state index in [1.54, 1.807) is 0 Å². The number of nitrogens with two attached hydrogens (primary N) is 1. The van der Waals surface area contributed by atoms with Crippen molar-refractivity contribution in [2.45, 2.75) is 40.0 Å². The molecule has 0 saturated heterocycles. The highest BCUT2D eigenvalue weighted by Crippen LogP contribution is 2.22. The van der Waals surface area contributed by atoms with Crippen LogP contribution in [0.3, 0.4) is 0 Å². The van der Waals surface area contributed by atoms with E-state index < -0.39 is 0 Å². The largest absolute Gasteiger partial charge is 0.347 e. The summed E-state index contributed by atoms with van der Waals surface area (Å²) in [6.07, 6.45) is 1.00. The van der Waals surface area contributed by atoms with Crippen LogP contribution < -0.4 is 10.6 Å². The predicted molar refractivity (Wildman–Crippen MR) is 74.7 cm³/mol. The summed E-state index contributed by atoms with van der Waals surface area (Å²) >= 11 is 1.50. The monoisotopic (exact) mass is 256 g/mol. The molecule has 5 heteroatoms. The molecule has 0 fully saturated rings. The van der Waals surface area contributed by atoms with Crippen molar-refractivity contribution in [3.05, 3.63) is 5.82 Å². The van der Waals surface area contributed by atoms with E-state index in [2.05, 4.69) is 42.0 Å². The van der Waals surface area contributed by atoms with Gasteiger partial charge in [0.05, 0.1) is 0 Å². The molecule has 0 aliphatic carbocycles. The van der Waals surface area contributed by atoms with Crippen LogP contribution >= 0.6 is 11.5 Å². The maximum absolute atomic E-state index is 5.58. The van der Waals surface area contributed by atoms with Gasteiger partial charge in [-0.25, -0.2) is 4.98 Å². The Hall–Kier alpha value is -0.680. The first-order valence-corrected chi connectivity index (χ1v) is 7.10. The molecule has 1 heterocycles. The number of hydrogen-bond donors (Lipinski definition) is 1. The van der Waals surface area contributed by atoms with Crippen molar-refractivity contribution in [3.8, 4) is 0 Å². The summed E-state index contributed by atoms with van der Waals surface area (Å²) in [7, 11) is 0. The normalized spacial score (nSPS) is 11.5. The molecule has 4 nitrogen and oxygen atoms in total. The number of rotatable bonds is 7. The number of aromatic nitrogens is 2. The molecule has 0 radical (unpaired) electrons. The summed E-state index contributed by atoms with van der Waals surface area (Å²) in [6, 6.07) is 0. The third kappa shape index (κ3) is 4.60. The van der Waals surface area contributed by atoms with Gasteiger partial charge in [0.1, 0.15) is 5.82 Å². The molecule has 0 bridgehead atoms.